The Kier molecular flexibility index (Phi) is 3.18. The first-order valence-corrected chi connectivity index (χ1v) is 4.00. The third-order valence-corrected chi connectivity index (χ3v) is 1.69. The molecule has 0 unspecified atom stereocenters. The van der Waals surface area contributed by atoms with Gasteiger partial charge in [-0.25, -0.2) is 0 Å². The van der Waals surface area contributed by atoms with Crippen molar-refractivity contribution >= 4 is 5.57 Å². The highest BCUT2D eigenvalue weighted by Crippen LogP contribution is 2.11. The lowest BCUT2D eigenvalue weighted by molar-refractivity contribution is 0.137. The van der Waals surface area contributed by atoms with Gasteiger partial charge in [-0.3, -0.25) is 0 Å². The lowest BCUT2D eigenvalue weighted by Crippen LogP contribution is -1.82. The maximum absolute atomic E-state index is 9.05. The molecule has 0 radical (unpaired) electrons. The third kappa shape index (κ3) is 2.69. The Balaban J connectivity index is 3.05. The minimum Gasteiger partial charge on any atom is -0.475 e. The summed E-state index contributed by atoms with van der Waals surface area (Å²) in [6.45, 7) is 1.87. The molecule has 0 fully saturated rings. The van der Waals surface area contributed by atoms with E-state index in [9.17, 15) is 0 Å². The van der Waals surface area contributed by atoms with Crippen LogP contribution in [-0.4, -0.2) is 12.2 Å². The molecule has 0 bridgehead atoms. The molecule has 0 spiro atoms. The number of benzene rings is 1. The van der Waals surface area contributed by atoms with E-state index >= 15 is 0 Å². The van der Waals surface area contributed by atoms with Crippen molar-refractivity contribution in [3.8, 4) is 0 Å². The lowest BCUT2D eigenvalue weighted by atomic mass is 10.1. The van der Waals surface area contributed by atoms with Gasteiger partial charge in [0.15, 0.2) is 0 Å². The van der Waals surface area contributed by atoms with Crippen molar-refractivity contribution in [3.63, 3.8) is 0 Å². The number of aliphatic hydroxyl groups excluding tert-OH is 1. The standard InChI is InChI=1S/C11H12O2/c1-9(8-11(12)13-2)10-6-4-3-5-7-10/h3-7,12H,1-2H3. The first kappa shape index (κ1) is 9.43. The monoisotopic (exact) mass is 176 g/mol. The van der Waals surface area contributed by atoms with Crippen molar-refractivity contribution in [2.24, 2.45) is 0 Å². The molecule has 13 heavy (non-hydrogen) atoms. The van der Waals surface area contributed by atoms with E-state index in [-0.39, 0.29) is 5.95 Å². The highest BCUT2D eigenvalue weighted by Gasteiger charge is 1.93. The molecule has 2 heteroatoms. The van der Waals surface area contributed by atoms with Gasteiger partial charge in [-0.1, -0.05) is 30.3 Å². The molecule has 0 aliphatic heterocycles. The molecule has 0 amide bonds. The van der Waals surface area contributed by atoms with Gasteiger partial charge >= 0.3 is 5.95 Å². The molecule has 0 aliphatic rings. The molecule has 1 rings (SSSR count). The van der Waals surface area contributed by atoms with Crippen molar-refractivity contribution in [2.45, 2.75) is 6.92 Å². The summed E-state index contributed by atoms with van der Waals surface area (Å²) < 4.78 is 4.58. The van der Waals surface area contributed by atoms with Crippen molar-refractivity contribution in [3.05, 3.63) is 47.6 Å². The van der Waals surface area contributed by atoms with Crippen molar-refractivity contribution in [2.75, 3.05) is 7.11 Å². The van der Waals surface area contributed by atoms with E-state index in [1.54, 1.807) is 0 Å². The zero-order valence-electron chi connectivity index (χ0n) is 7.74. The van der Waals surface area contributed by atoms with Crippen molar-refractivity contribution < 1.29 is 9.84 Å². The summed E-state index contributed by atoms with van der Waals surface area (Å²) in [5.41, 5.74) is 4.58. The van der Waals surface area contributed by atoms with Crippen LogP contribution in [0.2, 0.25) is 0 Å². The van der Waals surface area contributed by atoms with Gasteiger partial charge in [0.1, 0.15) is 0 Å². The summed E-state index contributed by atoms with van der Waals surface area (Å²) in [5, 5.41) is 9.05. The fourth-order valence-electron chi connectivity index (χ4n) is 0.972. The Bertz CT molecular complexity index is 332. The van der Waals surface area contributed by atoms with E-state index in [0.717, 1.165) is 11.1 Å². The molecule has 68 valence electrons. The van der Waals surface area contributed by atoms with Crippen LogP contribution in [0.25, 0.3) is 5.57 Å². The average molecular weight is 176 g/mol. The first-order valence-electron chi connectivity index (χ1n) is 4.00. The average Bonchev–Trinajstić information content (AvgIpc) is 2.19. The van der Waals surface area contributed by atoms with Gasteiger partial charge in [-0.15, -0.1) is 0 Å². The Hall–Kier alpha value is -1.66. The molecular weight excluding hydrogens is 164 g/mol. The molecule has 0 saturated heterocycles. The van der Waals surface area contributed by atoms with E-state index in [1.807, 2.05) is 37.3 Å². The van der Waals surface area contributed by atoms with Crippen molar-refractivity contribution in [1.82, 2.24) is 0 Å². The van der Waals surface area contributed by atoms with Crippen LogP contribution in [0.4, 0.5) is 0 Å². The first-order chi connectivity index (χ1) is 6.24. The number of ether oxygens (including phenoxy) is 1. The largest absolute Gasteiger partial charge is 0.475 e. The summed E-state index contributed by atoms with van der Waals surface area (Å²) in [6.07, 6.45) is 0. The minimum atomic E-state index is -0.193. The smallest absolute Gasteiger partial charge is 0.325 e. The van der Waals surface area contributed by atoms with Gasteiger partial charge in [0.2, 0.25) is 0 Å². The second-order valence-electron chi connectivity index (χ2n) is 2.63. The summed E-state index contributed by atoms with van der Waals surface area (Å²) in [6, 6.07) is 9.71. The van der Waals surface area contributed by atoms with Crippen LogP contribution in [0.3, 0.4) is 0 Å². The predicted octanol–water partition coefficient (Wildman–Crippen LogP) is 2.73. The SMILES string of the molecule is COC(O)=C=C(C)c1ccccc1. The normalized spacial score (nSPS) is 8.77. The molecule has 2 nitrogen and oxygen atoms in total. The molecule has 0 heterocycles. The lowest BCUT2D eigenvalue weighted by Gasteiger charge is -1.97. The maximum atomic E-state index is 9.05. The summed E-state index contributed by atoms with van der Waals surface area (Å²) in [7, 11) is 1.40. The summed E-state index contributed by atoms with van der Waals surface area (Å²) in [4.78, 5) is 0. The van der Waals surface area contributed by atoms with E-state index in [0.29, 0.717) is 0 Å². The van der Waals surface area contributed by atoms with E-state index in [1.165, 1.54) is 7.11 Å². The molecule has 0 aromatic heterocycles. The summed E-state index contributed by atoms with van der Waals surface area (Å²) in [5.74, 6) is -0.193. The highest BCUT2D eigenvalue weighted by atomic mass is 16.6. The minimum absolute atomic E-state index is 0.193. The zero-order chi connectivity index (χ0) is 9.68. The topological polar surface area (TPSA) is 29.5 Å². The zero-order valence-corrected chi connectivity index (χ0v) is 7.74. The van der Waals surface area contributed by atoms with Gasteiger partial charge in [0, 0.05) is 5.57 Å². The molecular formula is C11H12O2. The van der Waals surface area contributed by atoms with E-state index in [4.69, 9.17) is 5.11 Å². The Morgan fingerprint density at radius 2 is 1.92 bits per heavy atom. The summed E-state index contributed by atoms with van der Waals surface area (Å²) >= 11 is 0. The number of allylic oxidation sites excluding steroid dienone is 1. The van der Waals surface area contributed by atoms with Crippen LogP contribution in [0.1, 0.15) is 12.5 Å². The highest BCUT2D eigenvalue weighted by molar-refractivity contribution is 5.62. The maximum Gasteiger partial charge on any atom is 0.325 e. The number of methoxy groups -OCH3 is 1. The number of hydrogen-bond donors (Lipinski definition) is 1. The van der Waals surface area contributed by atoms with Crippen LogP contribution in [0.15, 0.2) is 42.0 Å². The number of aliphatic hydroxyl groups is 1. The van der Waals surface area contributed by atoms with Gasteiger partial charge in [0.05, 0.1) is 7.11 Å². The Morgan fingerprint density at radius 1 is 1.31 bits per heavy atom. The van der Waals surface area contributed by atoms with Crippen LogP contribution >= 0.6 is 0 Å². The molecule has 1 aromatic carbocycles. The molecule has 0 aliphatic carbocycles. The van der Waals surface area contributed by atoms with Gasteiger partial charge in [-0.2, -0.15) is 0 Å². The molecule has 0 saturated carbocycles. The predicted molar refractivity (Wildman–Crippen MR) is 52.2 cm³/mol. The van der Waals surface area contributed by atoms with Gasteiger partial charge in [-0.05, 0) is 18.2 Å². The second kappa shape index (κ2) is 4.39. The van der Waals surface area contributed by atoms with Crippen molar-refractivity contribution in [1.29, 1.82) is 0 Å². The molecule has 1 aromatic rings. The van der Waals surface area contributed by atoms with E-state index in [2.05, 4.69) is 10.5 Å². The van der Waals surface area contributed by atoms with Gasteiger partial charge < -0.3 is 9.84 Å². The van der Waals surface area contributed by atoms with Crippen LogP contribution in [0.5, 0.6) is 0 Å². The van der Waals surface area contributed by atoms with E-state index < -0.39 is 0 Å². The quantitative estimate of drug-likeness (QED) is 0.554. The Labute approximate surface area is 77.8 Å². The fourth-order valence-corrected chi connectivity index (χ4v) is 0.972. The van der Waals surface area contributed by atoms with Crippen LogP contribution < -0.4 is 0 Å². The Morgan fingerprint density at radius 3 is 2.46 bits per heavy atom. The molecule has 1 N–H and O–H groups in total. The fraction of sp³-hybridized carbons (Fsp3) is 0.182. The second-order valence-corrected chi connectivity index (χ2v) is 2.63. The number of hydrogen-bond acceptors (Lipinski definition) is 2. The van der Waals surface area contributed by atoms with Gasteiger partial charge in [0.25, 0.3) is 0 Å². The molecule has 0 atom stereocenters. The van der Waals surface area contributed by atoms with Crippen LogP contribution in [-0.2, 0) is 4.74 Å². The third-order valence-electron chi connectivity index (χ3n) is 1.69. The number of rotatable bonds is 2. The van der Waals surface area contributed by atoms with Crippen LogP contribution in [0, 0.1) is 0 Å².